The number of ketones is 1. The van der Waals surface area contributed by atoms with E-state index in [0.717, 1.165) is 29.5 Å². The fourth-order valence-corrected chi connectivity index (χ4v) is 3.83. The molecule has 3 rings (SSSR count). The van der Waals surface area contributed by atoms with Crippen LogP contribution in [0.5, 0.6) is 11.6 Å². The van der Waals surface area contributed by atoms with E-state index in [4.69, 9.17) is 19.6 Å². The number of nitrogens with zero attached hydrogens (tertiary/aromatic N) is 3. The van der Waals surface area contributed by atoms with Crippen molar-refractivity contribution in [2.45, 2.75) is 72.4 Å². The Morgan fingerprint density at radius 2 is 1.83 bits per heavy atom. The molecule has 0 aliphatic carbocycles. The van der Waals surface area contributed by atoms with Gasteiger partial charge in [-0.2, -0.15) is 4.52 Å². The molecule has 2 aromatic heterocycles. The fourth-order valence-electron chi connectivity index (χ4n) is 3.83. The fraction of sp³-hybridized carbons (Fsp3) is 0.519. The number of ether oxygens (including phenoxy) is 3. The van der Waals surface area contributed by atoms with Gasteiger partial charge >= 0.3 is 0 Å². The third kappa shape index (κ3) is 6.31. The van der Waals surface area contributed by atoms with Gasteiger partial charge in [-0.25, -0.2) is 0 Å². The minimum absolute atomic E-state index is 0.0233. The van der Waals surface area contributed by atoms with E-state index in [2.05, 4.69) is 39.7 Å². The number of methoxy groups -OCH3 is 1. The Labute approximate surface area is 207 Å². The first-order valence-electron chi connectivity index (χ1n) is 12.2. The Balaban J connectivity index is 1.93. The van der Waals surface area contributed by atoms with Crippen molar-refractivity contribution in [1.82, 2.24) is 14.2 Å². The minimum atomic E-state index is -0.152. The summed E-state index contributed by atoms with van der Waals surface area (Å²) in [5, 5.41) is 13.2. The van der Waals surface area contributed by atoms with Gasteiger partial charge in [-0.3, -0.25) is 10.2 Å². The van der Waals surface area contributed by atoms with E-state index in [1.807, 2.05) is 25.1 Å². The first kappa shape index (κ1) is 26.5. The summed E-state index contributed by atoms with van der Waals surface area (Å²) in [4.78, 5) is 13.3. The normalized spacial score (nSPS) is 11.9. The van der Waals surface area contributed by atoms with E-state index in [9.17, 15) is 4.79 Å². The number of hydrogen-bond donors (Lipinski definition) is 1. The summed E-state index contributed by atoms with van der Waals surface area (Å²) in [6.45, 7) is 13.3. The zero-order valence-corrected chi connectivity index (χ0v) is 22.0. The summed E-state index contributed by atoms with van der Waals surface area (Å²) < 4.78 is 20.1. The quantitative estimate of drug-likeness (QED) is 0.316. The van der Waals surface area contributed by atoms with Crippen LogP contribution in [0.4, 0.5) is 0 Å². The summed E-state index contributed by atoms with van der Waals surface area (Å²) in [5.74, 6) is 1.02. The molecule has 0 spiro atoms. The van der Waals surface area contributed by atoms with Gasteiger partial charge in [-0.1, -0.05) is 34.6 Å². The number of hydrogen-bond acceptors (Lipinski definition) is 6. The maximum Gasteiger partial charge on any atom is 0.232 e. The molecule has 0 unspecified atom stereocenters. The van der Waals surface area contributed by atoms with Crippen molar-refractivity contribution in [2.24, 2.45) is 0 Å². The SMILES string of the molecule is CCC(CC)Oc1cc(C)c2cn(CC(=O)c3cc(OCCOC)cc(C(C)(C)C)c3)c(=N)n2n1. The Bertz CT molecular complexity index is 1230. The van der Waals surface area contributed by atoms with E-state index in [0.29, 0.717) is 30.4 Å². The molecule has 0 fully saturated rings. The molecule has 0 amide bonds. The molecule has 2 heterocycles. The zero-order chi connectivity index (χ0) is 25.8. The molecule has 0 bridgehead atoms. The summed E-state index contributed by atoms with van der Waals surface area (Å²) in [6, 6.07) is 7.53. The molecule has 35 heavy (non-hydrogen) atoms. The van der Waals surface area contributed by atoms with Gasteiger partial charge in [-0.05, 0) is 54.5 Å². The molecule has 3 aromatic rings. The second kappa shape index (κ2) is 11.1. The molecule has 1 aromatic carbocycles. The predicted molar refractivity (Wildman–Crippen MR) is 136 cm³/mol. The Morgan fingerprint density at radius 1 is 1.11 bits per heavy atom. The highest BCUT2D eigenvalue weighted by molar-refractivity contribution is 5.96. The van der Waals surface area contributed by atoms with Crippen molar-refractivity contribution in [1.29, 1.82) is 5.41 Å². The summed E-state index contributed by atoms with van der Waals surface area (Å²) in [7, 11) is 1.62. The zero-order valence-electron chi connectivity index (χ0n) is 22.0. The first-order valence-corrected chi connectivity index (χ1v) is 12.2. The summed E-state index contributed by atoms with van der Waals surface area (Å²) in [6.07, 6.45) is 3.64. The monoisotopic (exact) mass is 482 g/mol. The van der Waals surface area contributed by atoms with Crippen LogP contribution in [0.25, 0.3) is 5.52 Å². The number of fused-ring (bicyclic) bond motifs is 1. The highest BCUT2D eigenvalue weighted by atomic mass is 16.5. The molecule has 0 radical (unpaired) electrons. The lowest BCUT2D eigenvalue weighted by molar-refractivity contribution is 0.0969. The van der Waals surface area contributed by atoms with Crippen molar-refractivity contribution in [3.05, 3.63) is 52.8 Å². The Morgan fingerprint density at radius 3 is 2.46 bits per heavy atom. The number of nitrogens with one attached hydrogen (secondary N) is 1. The standard InChI is InChI=1S/C27H38N4O4/c1-8-21(9-2)35-25-12-18(3)23-16-30(26(28)31(23)29-25)17-24(32)19-13-20(27(4,5)6)15-22(14-19)34-11-10-33-7/h12-16,21,28H,8-11,17H2,1-7H3. The van der Waals surface area contributed by atoms with Crippen LogP contribution in [-0.4, -0.2) is 46.4 Å². The maximum absolute atomic E-state index is 13.3. The minimum Gasteiger partial charge on any atom is -0.491 e. The lowest BCUT2D eigenvalue weighted by Crippen LogP contribution is -2.26. The molecule has 0 aliphatic rings. The average Bonchev–Trinajstić information content (AvgIpc) is 3.12. The van der Waals surface area contributed by atoms with Gasteiger partial charge in [-0.15, -0.1) is 5.10 Å². The van der Waals surface area contributed by atoms with E-state index in [-0.39, 0.29) is 29.5 Å². The van der Waals surface area contributed by atoms with Gasteiger partial charge in [0.25, 0.3) is 0 Å². The third-order valence-corrected chi connectivity index (χ3v) is 6.08. The Hall–Kier alpha value is -3.13. The topological polar surface area (TPSA) is 90.8 Å². The van der Waals surface area contributed by atoms with Gasteiger partial charge in [0, 0.05) is 24.9 Å². The largest absolute Gasteiger partial charge is 0.491 e. The lowest BCUT2D eigenvalue weighted by atomic mass is 9.85. The van der Waals surface area contributed by atoms with Crippen LogP contribution in [0.1, 0.15) is 68.9 Å². The van der Waals surface area contributed by atoms with E-state index in [1.165, 1.54) is 4.52 Å². The van der Waals surface area contributed by atoms with Crippen LogP contribution >= 0.6 is 0 Å². The molecular weight excluding hydrogens is 444 g/mol. The van der Waals surface area contributed by atoms with Crippen molar-refractivity contribution in [3.8, 4) is 11.6 Å². The number of carbonyl (C=O) groups excluding carboxylic acids is 1. The number of aromatic nitrogens is 3. The molecule has 0 saturated carbocycles. The van der Waals surface area contributed by atoms with Crippen LogP contribution in [0.2, 0.25) is 0 Å². The molecule has 8 heteroatoms. The molecular formula is C27H38N4O4. The second-order valence-electron chi connectivity index (χ2n) is 9.86. The van der Waals surface area contributed by atoms with Gasteiger partial charge in [0.1, 0.15) is 12.4 Å². The lowest BCUT2D eigenvalue weighted by Gasteiger charge is -2.21. The predicted octanol–water partition coefficient (Wildman–Crippen LogP) is 4.70. The van der Waals surface area contributed by atoms with Crippen LogP contribution < -0.4 is 15.1 Å². The number of Topliss-reactive ketones (excluding diaryl/α,β-unsaturated/α-hetero) is 1. The highest BCUT2D eigenvalue weighted by Crippen LogP contribution is 2.28. The van der Waals surface area contributed by atoms with Crippen molar-refractivity contribution >= 4 is 11.3 Å². The van der Waals surface area contributed by atoms with Crippen molar-refractivity contribution in [3.63, 3.8) is 0 Å². The second-order valence-corrected chi connectivity index (χ2v) is 9.86. The smallest absolute Gasteiger partial charge is 0.232 e. The first-order chi connectivity index (χ1) is 16.6. The third-order valence-electron chi connectivity index (χ3n) is 6.08. The summed E-state index contributed by atoms with van der Waals surface area (Å²) in [5.41, 5.74) is 3.23. The number of carbonyl (C=O) groups is 1. The molecule has 0 saturated heterocycles. The molecule has 8 nitrogen and oxygen atoms in total. The van der Waals surface area contributed by atoms with Gasteiger partial charge in [0.2, 0.25) is 11.5 Å². The van der Waals surface area contributed by atoms with Gasteiger partial charge in [0.05, 0.1) is 24.8 Å². The highest BCUT2D eigenvalue weighted by Gasteiger charge is 2.20. The van der Waals surface area contributed by atoms with Crippen molar-refractivity contribution in [2.75, 3.05) is 20.3 Å². The maximum atomic E-state index is 13.3. The number of aryl methyl sites for hydroxylation is 1. The van der Waals surface area contributed by atoms with Gasteiger partial charge in [0.15, 0.2) is 5.78 Å². The molecule has 0 aliphatic heterocycles. The van der Waals surface area contributed by atoms with Crippen LogP contribution in [-0.2, 0) is 16.7 Å². The van der Waals surface area contributed by atoms with E-state index < -0.39 is 0 Å². The number of benzene rings is 1. The van der Waals surface area contributed by atoms with Crippen LogP contribution in [0, 0.1) is 12.3 Å². The molecule has 0 atom stereocenters. The number of rotatable bonds is 11. The van der Waals surface area contributed by atoms with Crippen LogP contribution in [0.3, 0.4) is 0 Å². The molecule has 190 valence electrons. The van der Waals surface area contributed by atoms with E-state index in [1.54, 1.807) is 23.9 Å². The average molecular weight is 483 g/mol. The van der Waals surface area contributed by atoms with Crippen molar-refractivity contribution < 1.29 is 19.0 Å². The van der Waals surface area contributed by atoms with E-state index >= 15 is 0 Å². The number of imidazole rings is 1. The molecule has 1 N–H and O–H groups in total. The Kier molecular flexibility index (Phi) is 8.38. The van der Waals surface area contributed by atoms with Gasteiger partial charge < -0.3 is 18.8 Å². The van der Waals surface area contributed by atoms with Crippen LogP contribution in [0.15, 0.2) is 30.5 Å². The summed E-state index contributed by atoms with van der Waals surface area (Å²) >= 11 is 0.